The van der Waals surface area contributed by atoms with Gasteiger partial charge in [0.15, 0.2) is 24.4 Å². The molecule has 23 heteroatoms. The Morgan fingerprint density at radius 2 is 0.922 bits per heavy atom. The summed E-state index contributed by atoms with van der Waals surface area (Å²) in [6.45, 7) is 12.1. The molecule has 4 fully saturated rings. The molecule has 2 saturated carbocycles. The first-order chi connectivity index (χ1) is 42.9. The van der Waals surface area contributed by atoms with Gasteiger partial charge in [-0.3, -0.25) is 33.6 Å². The van der Waals surface area contributed by atoms with Crippen LogP contribution in [0.3, 0.4) is 0 Å². The Hall–Kier alpha value is -7.24. The van der Waals surface area contributed by atoms with Crippen LogP contribution >= 0.6 is 0 Å². The molecule has 21 nitrogen and oxygen atoms in total. The second-order valence-electron chi connectivity index (χ2n) is 25.4. The van der Waals surface area contributed by atoms with E-state index in [-0.39, 0.29) is 50.8 Å². The van der Waals surface area contributed by atoms with Gasteiger partial charge in [0.1, 0.15) is 24.0 Å². The number of halogens is 2. The Morgan fingerprint density at radius 3 is 1.36 bits per heavy atom. The number of ether oxygens (including phenoxy) is 7. The Morgan fingerprint density at radius 1 is 0.511 bits per heavy atom. The van der Waals surface area contributed by atoms with Crippen molar-refractivity contribution in [2.45, 2.75) is 154 Å². The zero-order valence-electron chi connectivity index (χ0n) is 53.1. The van der Waals surface area contributed by atoms with Crippen LogP contribution in [-0.4, -0.2) is 169 Å². The summed E-state index contributed by atoms with van der Waals surface area (Å²) >= 11 is 0. The third-order valence-electron chi connectivity index (χ3n) is 16.3. The molecule has 2 heterocycles. The molecule has 0 aromatic heterocycles. The lowest BCUT2D eigenvalue weighted by Gasteiger charge is -2.29. The lowest BCUT2D eigenvalue weighted by Crippen LogP contribution is -2.47. The first-order valence-electron chi connectivity index (χ1n) is 31.6. The van der Waals surface area contributed by atoms with Gasteiger partial charge in [-0.15, -0.1) is 0 Å². The van der Waals surface area contributed by atoms with E-state index in [2.05, 4.69) is 31.1 Å². The summed E-state index contributed by atoms with van der Waals surface area (Å²) in [6, 6.07) is 22.8. The van der Waals surface area contributed by atoms with Gasteiger partial charge >= 0.3 is 29.8 Å². The van der Waals surface area contributed by atoms with Crippen molar-refractivity contribution in [3.8, 4) is 0 Å². The standard InChI is InChI=1S/C67H92F2N6O15/c1-43(87-62(80)50(33-45-13-14-45)39-73-60(78)57(90-65(83)55(70-7)38-67(5,6)69)36-48-19-23-54(24-20-48)75-27-31-85-32-28-75)58(76)71-41-52(37-66(3,4)68)64(82)89-56(35-47-17-21-53(22-18-47)74-25-29-84-30-26-74)59(77)72-40-51(34-46-15-16-46)63(81)88-44(2)61(79)86-42-49-11-9-8-10-12-49/h8-12,17-24,43-46,50-52,55-57,70H,13-16,25-42H2,1-7H3,(H,71,76)(H,72,77)(H,73,78)/t43-,44-,50+,51+,52+,55?,56-,57?/m1/s1. The lowest BCUT2D eigenvalue weighted by atomic mass is 9.94. The van der Waals surface area contributed by atoms with Gasteiger partial charge in [0.2, 0.25) is 0 Å². The molecule has 0 spiro atoms. The molecule has 2 aliphatic heterocycles. The number of esters is 5. The number of likely N-dealkylation sites (N-methyl/N-ethyl adjacent to an activating group) is 1. The molecule has 90 heavy (non-hydrogen) atoms. The summed E-state index contributed by atoms with van der Waals surface area (Å²) in [6.07, 6.45) is -2.30. The zero-order chi connectivity index (χ0) is 65.0. The Bertz CT molecular complexity index is 2830. The second kappa shape index (κ2) is 33.7. The van der Waals surface area contributed by atoms with Gasteiger partial charge in [-0.2, -0.15) is 0 Å². The predicted molar refractivity (Wildman–Crippen MR) is 330 cm³/mol. The van der Waals surface area contributed by atoms with Crippen LogP contribution in [0.2, 0.25) is 0 Å². The zero-order valence-corrected chi connectivity index (χ0v) is 53.1. The van der Waals surface area contributed by atoms with E-state index in [1.807, 2.05) is 42.5 Å². The second-order valence-corrected chi connectivity index (χ2v) is 25.4. The van der Waals surface area contributed by atoms with Gasteiger partial charge in [-0.1, -0.05) is 80.3 Å². The molecule has 2 aliphatic carbocycles. The molecule has 0 radical (unpaired) electrons. The van der Waals surface area contributed by atoms with Crippen LogP contribution in [0.4, 0.5) is 20.2 Å². The smallest absolute Gasteiger partial charge is 0.347 e. The maximum Gasteiger partial charge on any atom is 0.347 e. The van der Waals surface area contributed by atoms with Crippen LogP contribution in [0.15, 0.2) is 78.9 Å². The van der Waals surface area contributed by atoms with Gasteiger partial charge in [0.05, 0.1) is 44.2 Å². The first kappa shape index (κ1) is 70.2. The monoisotopic (exact) mass is 1260 g/mol. The summed E-state index contributed by atoms with van der Waals surface area (Å²) in [5, 5.41) is 11.0. The summed E-state index contributed by atoms with van der Waals surface area (Å²) in [5.74, 6) is -9.18. The number of nitrogens with zero attached hydrogens (tertiary/aromatic N) is 2. The number of alkyl halides is 2. The van der Waals surface area contributed by atoms with Crippen molar-refractivity contribution in [1.29, 1.82) is 0 Å². The molecule has 7 rings (SSSR count). The van der Waals surface area contributed by atoms with Gasteiger partial charge in [-0.25, -0.2) is 13.6 Å². The number of hydrogen-bond acceptors (Lipinski definition) is 18. The van der Waals surface area contributed by atoms with Crippen LogP contribution < -0.4 is 31.1 Å². The van der Waals surface area contributed by atoms with Crippen molar-refractivity contribution < 1.29 is 80.3 Å². The van der Waals surface area contributed by atoms with Gasteiger partial charge < -0.3 is 64.2 Å². The fourth-order valence-corrected chi connectivity index (χ4v) is 10.8. The third kappa shape index (κ3) is 23.9. The van der Waals surface area contributed by atoms with Crippen LogP contribution in [0.25, 0.3) is 0 Å². The highest BCUT2D eigenvalue weighted by Crippen LogP contribution is 2.37. The van der Waals surface area contributed by atoms with Crippen LogP contribution in [-0.2, 0) is 91.0 Å². The van der Waals surface area contributed by atoms with E-state index in [0.29, 0.717) is 76.6 Å². The molecule has 4 N–H and O–H groups in total. The molecule has 2 saturated heterocycles. The summed E-state index contributed by atoms with van der Waals surface area (Å²) in [7, 11) is 1.49. The number of morpholine rings is 2. The van der Waals surface area contributed by atoms with Gasteiger partial charge in [0.25, 0.3) is 17.7 Å². The molecule has 494 valence electrons. The highest BCUT2D eigenvalue weighted by atomic mass is 19.1. The molecule has 3 amide bonds. The maximum atomic E-state index is 15.7. The first-order valence-corrected chi connectivity index (χ1v) is 31.6. The van der Waals surface area contributed by atoms with Crippen molar-refractivity contribution >= 4 is 58.9 Å². The predicted octanol–water partition coefficient (Wildman–Crippen LogP) is 6.24. The SMILES string of the molecule is CNC(CC(C)(C)F)C(=O)OC(Cc1ccc(N2CCOCC2)cc1)C(=O)NC[C@H](CC1CC1)C(=O)O[C@H](C)C(=O)NC[C@H](CC(C)(C)F)C(=O)O[C@H](Cc1ccc(N2CCOCC2)cc1)C(=O)NC[C@H](CC1CC1)C(=O)O[C@H](C)C(=O)OCc1ccccc1. The molecule has 8 atom stereocenters. The van der Waals surface area contributed by atoms with E-state index in [4.69, 9.17) is 33.2 Å². The normalized spacial score (nSPS) is 18.0. The van der Waals surface area contributed by atoms with Crippen molar-refractivity contribution in [3.05, 3.63) is 95.6 Å². The highest BCUT2D eigenvalue weighted by Gasteiger charge is 2.39. The summed E-state index contributed by atoms with van der Waals surface area (Å²) < 4.78 is 69.9. The van der Waals surface area contributed by atoms with E-state index < -0.39 is 120 Å². The van der Waals surface area contributed by atoms with E-state index in [1.165, 1.54) is 48.6 Å². The largest absolute Gasteiger partial charge is 0.458 e. The van der Waals surface area contributed by atoms with Crippen molar-refractivity contribution in [3.63, 3.8) is 0 Å². The van der Waals surface area contributed by atoms with E-state index >= 15 is 4.39 Å². The van der Waals surface area contributed by atoms with Crippen molar-refractivity contribution in [2.75, 3.05) is 89.1 Å². The minimum absolute atomic E-state index is 0.0168. The van der Waals surface area contributed by atoms with Gasteiger partial charge in [0, 0.05) is 76.5 Å². The Balaban J connectivity index is 0.991. The number of carbonyl (C=O) groups excluding carboxylic acids is 8. The number of hydrogen-bond donors (Lipinski definition) is 4. The molecule has 4 aliphatic rings. The molecule has 0 bridgehead atoms. The third-order valence-corrected chi connectivity index (χ3v) is 16.3. The van der Waals surface area contributed by atoms with Crippen LogP contribution in [0, 0.1) is 29.6 Å². The molecular formula is C67H92F2N6O15. The Kier molecular flexibility index (Phi) is 26.3. The lowest BCUT2D eigenvalue weighted by molar-refractivity contribution is -0.170. The summed E-state index contributed by atoms with van der Waals surface area (Å²) in [5.41, 5.74) is 0.217. The average Bonchev–Trinajstić information content (AvgIpc) is 4.58. The number of nitrogens with one attached hydrogen (secondary N) is 4. The van der Waals surface area contributed by atoms with Crippen molar-refractivity contribution in [2.24, 2.45) is 29.6 Å². The minimum Gasteiger partial charge on any atom is -0.458 e. The number of rotatable bonds is 35. The highest BCUT2D eigenvalue weighted by molar-refractivity contribution is 5.88. The van der Waals surface area contributed by atoms with E-state index in [0.717, 1.165) is 42.6 Å². The van der Waals surface area contributed by atoms with E-state index in [1.54, 1.807) is 36.4 Å². The number of amides is 3. The number of anilines is 2. The van der Waals surface area contributed by atoms with Crippen molar-refractivity contribution in [1.82, 2.24) is 21.3 Å². The van der Waals surface area contributed by atoms with E-state index in [9.17, 15) is 42.7 Å². The topological polar surface area (TPSA) is 256 Å². The average molecular weight is 1260 g/mol. The quantitative estimate of drug-likeness (QED) is 0.0376. The minimum atomic E-state index is -1.98. The number of carbonyl (C=O) groups is 8. The molecule has 3 aromatic rings. The molecule has 3 aromatic carbocycles. The molecular weight excluding hydrogens is 1170 g/mol. The maximum absolute atomic E-state index is 15.7. The summed E-state index contributed by atoms with van der Waals surface area (Å²) in [4.78, 5) is 115. The number of benzene rings is 3. The Labute approximate surface area is 527 Å². The fourth-order valence-electron chi connectivity index (χ4n) is 10.8. The molecule has 2 unspecified atom stereocenters. The van der Waals surface area contributed by atoms with Gasteiger partial charge in [-0.05, 0) is 121 Å². The van der Waals surface area contributed by atoms with Crippen LogP contribution in [0.5, 0.6) is 0 Å². The fraction of sp³-hybridized carbons (Fsp3) is 0.612. The van der Waals surface area contributed by atoms with Crippen LogP contribution in [0.1, 0.15) is 110 Å².